The van der Waals surface area contributed by atoms with Crippen molar-refractivity contribution in [3.63, 3.8) is 0 Å². The van der Waals surface area contributed by atoms with Gasteiger partial charge in [0.25, 0.3) is 0 Å². The molecule has 0 saturated carbocycles. The van der Waals surface area contributed by atoms with Crippen LogP contribution >= 0.6 is 0 Å². The smallest absolute Gasteiger partial charge is 0.333 e. The number of ether oxygens (including phenoxy) is 1. The molecule has 0 amide bonds. The zero-order valence-electron chi connectivity index (χ0n) is 10.8. The highest BCUT2D eigenvalue weighted by Gasteiger charge is 2.15. The van der Waals surface area contributed by atoms with E-state index in [0.717, 1.165) is 0 Å². The number of rotatable bonds is 8. The van der Waals surface area contributed by atoms with Crippen LogP contribution in [-0.2, 0) is 14.3 Å². The molecule has 2 unspecified atom stereocenters. The van der Waals surface area contributed by atoms with Gasteiger partial charge in [0.15, 0.2) is 0 Å². The van der Waals surface area contributed by atoms with Crippen molar-refractivity contribution in [2.24, 2.45) is 0 Å². The Morgan fingerprint density at radius 3 is 2.22 bits per heavy atom. The lowest BCUT2D eigenvalue weighted by molar-refractivity contribution is -0.144. The second-order valence-electron chi connectivity index (χ2n) is 4.32. The number of aliphatic carboxylic acids is 1. The van der Waals surface area contributed by atoms with E-state index in [4.69, 9.17) is 14.9 Å². The molecule has 0 aromatic rings. The number of aliphatic hydroxyl groups is 1. The van der Waals surface area contributed by atoms with Crippen molar-refractivity contribution in [2.45, 2.75) is 45.3 Å². The SMILES string of the molecule is C=C(CCC(C)OC(=O)C(=C)CC(C)O)C(=O)O. The van der Waals surface area contributed by atoms with Crippen molar-refractivity contribution in [2.75, 3.05) is 0 Å². The van der Waals surface area contributed by atoms with E-state index in [1.54, 1.807) is 13.8 Å². The maximum atomic E-state index is 11.5. The van der Waals surface area contributed by atoms with E-state index >= 15 is 0 Å². The molecule has 0 bridgehead atoms. The Morgan fingerprint density at radius 2 is 1.78 bits per heavy atom. The monoisotopic (exact) mass is 256 g/mol. The van der Waals surface area contributed by atoms with Crippen LogP contribution in [0.15, 0.2) is 24.3 Å². The van der Waals surface area contributed by atoms with Crippen molar-refractivity contribution < 1.29 is 24.5 Å². The van der Waals surface area contributed by atoms with Gasteiger partial charge in [0.05, 0.1) is 12.2 Å². The highest BCUT2D eigenvalue weighted by Crippen LogP contribution is 2.12. The molecule has 0 aliphatic heterocycles. The standard InChI is InChI=1S/C13H20O5/c1-8(12(15)16)5-6-11(4)18-13(17)9(2)7-10(3)14/h10-11,14H,1-2,5-7H2,3-4H3,(H,15,16). The first-order valence-electron chi connectivity index (χ1n) is 5.72. The highest BCUT2D eigenvalue weighted by molar-refractivity contribution is 5.88. The first-order chi connectivity index (χ1) is 8.23. The minimum absolute atomic E-state index is 0.0840. The molecule has 18 heavy (non-hydrogen) atoms. The Morgan fingerprint density at radius 1 is 1.22 bits per heavy atom. The molecule has 102 valence electrons. The van der Waals surface area contributed by atoms with Gasteiger partial charge in [-0.15, -0.1) is 0 Å². The van der Waals surface area contributed by atoms with Crippen molar-refractivity contribution in [1.82, 2.24) is 0 Å². The highest BCUT2D eigenvalue weighted by atomic mass is 16.5. The molecule has 5 nitrogen and oxygen atoms in total. The van der Waals surface area contributed by atoms with E-state index in [0.29, 0.717) is 6.42 Å². The van der Waals surface area contributed by atoms with E-state index < -0.39 is 24.1 Å². The van der Waals surface area contributed by atoms with Gasteiger partial charge in [0, 0.05) is 17.6 Å². The fourth-order valence-corrected chi connectivity index (χ4v) is 1.25. The summed E-state index contributed by atoms with van der Waals surface area (Å²) in [6.07, 6.45) is -0.259. The predicted molar refractivity (Wildman–Crippen MR) is 67.0 cm³/mol. The summed E-state index contributed by atoms with van der Waals surface area (Å²) in [5.74, 6) is -1.61. The molecule has 0 aromatic carbocycles. The lowest BCUT2D eigenvalue weighted by Crippen LogP contribution is -2.18. The normalized spacial score (nSPS) is 13.5. The molecule has 0 aliphatic carbocycles. The van der Waals surface area contributed by atoms with E-state index in [1.165, 1.54) is 0 Å². The van der Waals surface area contributed by atoms with E-state index in [2.05, 4.69) is 13.2 Å². The first kappa shape index (κ1) is 16.4. The second-order valence-corrected chi connectivity index (χ2v) is 4.32. The Labute approximate surface area is 107 Å². The third kappa shape index (κ3) is 6.85. The number of carbonyl (C=O) groups is 2. The Kier molecular flexibility index (Phi) is 6.97. The average molecular weight is 256 g/mol. The molecule has 2 atom stereocenters. The summed E-state index contributed by atoms with van der Waals surface area (Å²) in [5, 5.41) is 17.7. The molecule has 0 radical (unpaired) electrons. The Bertz CT molecular complexity index is 343. The van der Waals surface area contributed by atoms with Gasteiger partial charge in [-0.25, -0.2) is 9.59 Å². The largest absolute Gasteiger partial charge is 0.478 e. The molecule has 5 heteroatoms. The number of carboxylic acid groups (broad SMARTS) is 1. The van der Waals surface area contributed by atoms with Gasteiger partial charge < -0.3 is 14.9 Å². The summed E-state index contributed by atoms with van der Waals surface area (Å²) in [6, 6.07) is 0. The van der Waals surface area contributed by atoms with Gasteiger partial charge in [0.2, 0.25) is 0 Å². The van der Waals surface area contributed by atoms with Crippen LogP contribution in [0.3, 0.4) is 0 Å². The molecular formula is C13H20O5. The molecule has 0 saturated heterocycles. The van der Waals surface area contributed by atoms with Crippen molar-refractivity contribution in [3.8, 4) is 0 Å². The maximum Gasteiger partial charge on any atom is 0.333 e. The zero-order chi connectivity index (χ0) is 14.3. The Hall–Kier alpha value is -1.62. The van der Waals surface area contributed by atoms with Gasteiger partial charge >= 0.3 is 11.9 Å². The van der Waals surface area contributed by atoms with Crippen LogP contribution in [0.25, 0.3) is 0 Å². The van der Waals surface area contributed by atoms with Gasteiger partial charge in [-0.1, -0.05) is 13.2 Å². The third-order valence-corrected chi connectivity index (χ3v) is 2.29. The third-order valence-electron chi connectivity index (χ3n) is 2.29. The fraction of sp³-hybridized carbons (Fsp3) is 0.538. The summed E-state index contributed by atoms with van der Waals surface area (Å²) >= 11 is 0. The second kappa shape index (κ2) is 7.66. The lowest BCUT2D eigenvalue weighted by Gasteiger charge is -2.14. The van der Waals surface area contributed by atoms with Gasteiger partial charge in [0.1, 0.15) is 0 Å². The maximum absolute atomic E-state index is 11.5. The zero-order valence-corrected chi connectivity index (χ0v) is 10.8. The first-order valence-corrected chi connectivity index (χ1v) is 5.72. The molecular weight excluding hydrogens is 236 g/mol. The van der Waals surface area contributed by atoms with E-state index in [1.807, 2.05) is 0 Å². The van der Waals surface area contributed by atoms with Crippen LogP contribution < -0.4 is 0 Å². The fourth-order valence-electron chi connectivity index (χ4n) is 1.25. The number of carboxylic acids is 1. The van der Waals surface area contributed by atoms with Crippen LogP contribution in [0.5, 0.6) is 0 Å². The number of hydrogen-bond donors (Lipinski definition) is 2. The molecule has 0 aromatic heterocycles. The summed E-state index contributed by atoms with van der Waals surface area (Å²) in [6.45, 7) is 10.1. The molecule has 2 N–H and O–H groups in total. The molecule has 0 heterocycles. The lowest BCUT2D eigenvalue weighted by atomic mass is 10.1. The minimum atomic E-state index is -1.05. The number of carbonyl (C=O) groups excluding carboxylic acids is 1. The van der Waals surface area contributed by atoms with E-state index in [-0.39, 0.29) is 24.0 Å². The van der Waals surface area contributed by atoms with Crippen LogP contribution in [0, 0.1) is 0 Å². The predicted octanol–water partition coefficient (Wildman–Crippen LogP) is 1.67. The molecule has 0 aliphatic rings. The number of hydrogen-bond acceptors (Lipinski definition) is 4. The number of esters is 1. The Balaban J connectivity index is 4.05. The topological polar surface area (TPSA) is 83.8 Å². The van der Waals surface area contributed by atoms with Crippen molar-refractivity contribution in [3.05, 3.63) is 24.3 Å². The van der Waals surface area contributed by atoms with Gasteiger partial charge in [-0.3, -0.25) is 0 Å². The van der Waals surface area contributed by atoms with Crippen LogP contribution in [0.1, 0.15) is 33.1 Å². The van der Waals surface area contributed by atoms with Gasteiger partial charge in [-0.05, 0) is 26.7 Å². The summed E-state index contributed by atoms with van der Waals surface area (Å²) < 4.78 is 5.06. The molecule has 0 fully saturated rings. The van der Waals surface area contributed by atoms with Gasteiger partial charge in [-0.2, -0.15) is 0 Å². The summed E-state index contributed by atoms with van der Waals surface area (Å²) in [5.41, 5.74) is 0.287. The number of aliphatic hydroxyl groups excluding tert-OH is 1. The summed E-state index contributed by atoms with van der Waals surface area (Å²) in [7, 11) is 0. The van der Waals surface area contributed by atoms with Crippen LogP contribution in [0.4, 0.5) is 0 Å². The van der Waals surface area contributed by atoms with Crippen LogP contribution in [0.2, 0.25) is 0 Å². The minimum Gasteiger partial charge on any atom is -0.478 e. The van der Waals surface area contributed by atoms with Crippen LogP contribution in [-0.4, -0.2) is 34.4 Å². The quantitative estimate of drug-likeness (QED) is 0.509. The van der Waals surface area contributed by atoms with E-state index in [9.17, 15) is 9.59 Å². The van der Waals surface area contributed by atoms with Crippen molar-refractivity contribution in [1.29, 1.82) is 0 Å². The average Bonchev–Trinajstić information content (AvgIpc) is 2.24. The van der Waals surface area contributed by atoms with Crippen molar-refractivity contribution >= 4 is 11.9 Å². The molecule has 0 spiro atoms. The molecule has 0 rings (SSSR count). The summed E-state index contributed by atoms with van der Waals surface area (Å²) in [4.78, 5) is 22.0.